The molecule has 17 heavy (non-hydrogen) atoms. The Hall–Kier alpha value is -0.170. The summed E-state index contributed by atoms with van der Waals surface area (Å²) in [6.07, 6.45) is 3.51. The highest BCUT2D eigenvalue weighted by atomic mass is 32.2. The fraction of sp³-hybridized carbons (Fsp3) is 1.00. The lowest BCUT2D eigenvalue weighted by Crippen LogP contribution is -2.29. The number of methoxy groups -OCH3 is 1. The van der Waals surface area contributed by atoms with E-state index in [0.29, 0.717) is 13.0 Å². The van der Waals surface area contributed by atoms with Crippen molar-refractivity contribution in [1.82, 2.24) is 10.0 Å². The Bertz CT molecular complexity index is 255. The summed E-state index contributed by atoms with van der Waals surface area (Å²) in [7, 11) is -1.40. The normalized spacial score (nSPS) is 11.9. The molecule has 0 heterocycles. The van der Waals surface area contributed by atoms with Crippen LogP contribution in [0.1, 0.15) is 32.6 Å². The van der Waals surface area contributed by atoms with Crippen LogP contribution in [0, 0.1) is 0 Å². The molecule has 0 rings (SSSR count). The van der Waals surface area contributed by atoms with Gasteiger partial charge in [0.25, 0.3) is 0 Å². The molecule has 0 aliphatic carbocycles. The van der Waals surface area contributed by atoms with Crippen LogP contribution in [-0.4, -0.2) is 47.5 Å². The van der Waals surface area contributed by atoms with Crippen LogP contribution in [0.5, 0.6) is 0 Å². The van der Waals surface area contributed by atoms with Crippen LogP contribution in [-0.2, 0) is 14.8 Å². The third-order valence-electron chi connectivity index (χ3n) is 2.36. The number of hydrogen-bond donors (Lipinski definition) is 2. The van der Waals surface area contributed by atoms with Crippen molar-refractivity contribution in [2.24, 2.45) is 0 Å². The van der Waals surface area contributed by atoms with Crippen LogP contribution in [0.15, 0.2) is 0 Å². The molecule has 2 N–H and O–H groups in total. The second kappa shape index (κ2) is 11.0. The maximum atomic E-state index is 11.5. The predicted octanol–water partition coefficient (Wildman–Crippen LogP) is 0.722. The maximum absolute atomic E-state index is 11.5. The largest absolute Gasteiger partial charge is 0.385 e. The molecule has 0 spiro atoms. The van der Waals surface area contributed by atoms with E-state index in [1.807, 2.05) is 6.92 Å². The zero-order valence-corrected chi connectivity index (χ0v) is 11.8. The fourth-order valence-corrected chi connectivity index (χ4v) is 2.54. The van der Waals surface area contributed by atoms with Gasteiger partial charge in [-0.3, -0.25) is 0 Å². The van der Waals surface area contributed by atoms with Crippen LogP contribution in [0.2, 0.25) is 0 Å². The van der Waals surface area contributed by atoms with E-state index < -0.39 is 10.0 Å². The Labute approximate surface area is 105 Å². The van der Waals surface area contributed by atoms with Crippen molar-refractivity contribution in [3.63, 3.8) is 0 Å². The van der Waals surface area contributed by atoms with E-state index >= 15 is 0 Å². The molecule has 0 radical (unpaired) electrons. The quantitative estimate of drug-likeness (QED) is 0.511. The van der Waals surface area contributed by atoms with Gasteiger partial charge in [-0.2, -0.15) is 0 Å². The Morgan fingerprint density at radius 2 is 1.82 bits per heavy atom. The molecule has 6 heteroatoms. The third-order valence-corrected chi connectivity index (χ3v) is 3.83. The Morgan fingerprint density at radius 3 is 2.47 bits per heavy atom. The second-order valence-corrected chi connectivity index (χ2v) is 5.90. The molecule has 0 aliphatic heterocycles. The smallest absolute Gasteiger partial charge is 0.211 e. The van der Waals surface area contributed by atoms with E-state index in [1.54, 1.807) is 7.11 Å². The van der Waals surface area contributed by atoms with E-state index in [4.69, 9.17) is 4.74 Å². The first-order valence-electron chi connectivity index (χ1n) is 6.29. The van der Waals surface area contributed by atoms with Gasteiger partial charge in [-0.05, 0) is 38.8 Å². The van der Waals surface area contributed by atoms with Crippen molar-refractivity contribution in [3.05, 3.63) is 0 Å². The van der Waals surface area contributed by atoms with E-state index in [1.165, 1.54) is 0 Å². The molecule has 0 aromatic carbocycles. The highest BCUT2D eigenvalue weighted by Gasteiger charge is 2.08. The summed E-state index contributed by atoms with van der Waals surface area (Å²) >= 11 is 0. The molecule has 104 valence electrons. The summed E-state index contributed by atoms with van der Waals surface area (Å²) in [4.78, 5) is 0. The number of unbranched alkanes of at least 4 members (excludes halogenated alkanes) is 2. The molecule has 0 amide bonds. The minimum absolute atomic E-state index is 0.206. The zero-order chi connectivity index (χ0) is 13.0. The molecule has 0 saturated carbocycles. The predicted molar refractivity (Wildman–Crippen MR) is 70.7 cm³/mol. The van der Waals surface area contributed by atoms with E-state index in [9.17, 15) is 8.42 Å². The first-order valence-corrected chi connectivity index (χ1v) is 7.94. The summed E-state index contributed by atoms with van der Waals surface area (Å²) < 4.78 is 30.6. The van der Waals surface area contributed by atoms with Crippen molar-refractivity contribution < 1.29 is 13.2 Å². The fourth-order valence-electron chi connectivity index (χ4n) is 1.41. The average Bonchev–Trinajstić information content (AvgIpc) is 2.29. The number of rotatable bonds is 12. The summed E-state index contributed by atoms with van der Waals surface area (Å²) in [6.45, 7) is 4.92. The molecule has 0 atom stereocenters. The lowest BCUT2D eigenvalue weighted by atomic mass is 10.2. The zero-order valence-electron chi connectivity index (χ0n) is 11.0. The molecule has 0 fully saturated rings. The van der Waals surface area contributed by atoms with Crippen LogP contribution in [0.3, 0.4) is 0 Å². The minimum Gasteiger partial charge on any atom is -0.385 e. The van der Waals surface area contributed by atoms with Crippen LogP contribution in [0.25, 0.3) is 0 Å². The number of nitrogens with one attached hydrogen (secondary N) is 2. The van der Waals surface area contributed by atoms with Gasteiger partial charge in [0.1, 0.15) is 0 Å². The molecule has 5 nitrogen and oxygen atoms in total. The number of ether oxygens (including phenoxy) is 1. The standard InChI is InChI=1S/C11H26N2O3S/c1-3-12-8-7-11-17(14,15)13-9-5-4-6-10-16-2/h12-13H,3-11H2,1-2H3. The number of hydrogen-bond acceptors (Lipinski definition) is 4. The van der Waals surface area contributed by atoms with E-state index in [-0.39, 0.29) is 5.75 Å². The van der Waals surface area contributed by atoms with E-state index in [0.717, 1.165) is 39.0 Å². The second-order valence-electron chi connectivity index (χ2n) is 3.97. The topological polar surface area (TPSA) is 67.4 Å². The highest BCUT2D eigenvalue weighted by molar-refractivity contribution is 7.89. The first kappa shape index (κ1) is 16.8. The molecule has 0 saturated heterocycles. The molecular formula is C11H26N2O3S. The monoisotopic (exact) mass is 266 g/mol. The maximum Gasteiger partial charge on any atom is 0.211 e. The van der Waals surface area contributed by atoms with Crippen molar-refractivity contribution in [2.45, 2.75) is 32.6 Å². The van der Waals surface area contributed by atoms with Crippen molar-refractivity contribution in [3.8, 4) is 0 Å². The summed E-state index contributed by atoms with van der Waals surface area (Å²) in [6, 6.07) is 0. The van der Waals surface area contributed by atoms with Gasteiger partial charge >= 0.3 is 0 Å². The van der Waals surface area contributed by atoms with E-state index in [2.05, 4.69) is 10.0 Å². The highest BCUT2D eigenvalue weighted by Crippen LogP contribution is 1.96. The average molecular weight is 266 g/mol. The van der Waals surface area contributed by atoms with Gasteiger partial charge in [0.15, 0.2) is 0 Å². The van der Waals surface area contributed by atoms with Gasteiger partial charge in [-0.25, -0.2) is 13.1 Å². The Kier molecular flexibility index (Phi) is 10.8. The minimum atomic E-state index is -3.08. The Balaban J connectivity index is 3.44. The summed E-state index contributed by atoms with van der Waals surface area (Å²) in [5, 5.41) is 3.11. The van der Waals surface area contributed by atoms with Crippen LogP contribution < -0.4 is 10.0 Å². The van der Waals surface area contributed by atoms with Crippen LogP contribution >= 0.6 is 0 Å². The lowest BCUT2D eigenvalue weighted by molar-refractivity contribution is 0.192. The van der Waals surface area contributed by atoms with Gasteiger partial charge in [0, 0.05) is 20.3 Å². The van der Waals surface area contributed by atoms with Crippen molar-refractivity contribution >= 4 is 10.0 Å². The van der Waals surface area contributed by atoms with Gasteiger partial charge in [-0.1, -0.05) is 6.92 Å². The molecular weight excluding hydrogens is 240 g/mol. The first-order chi connectivity index (χ1) is 8.12. The lowest BCUT2D eigenvalue weighted by Gasteiger charge is -2.06. The third kappa shape index (κ3) is 12.1. The van der Waals surface area contributed by atoms with Crippen molar-refractivity contribution in [1.29, 1.82) is 0 Å². The summed E-state index contributed by atoms with van der Waals surface area (Å²) in [5.41, 5.74) is 0. The van der Waals surface area contributed by atoms with Crippen LogP contribution in [0.4, 0.5) is 0 Å². The van der Waals surface area contributed by atoms with Crippen molar-refractivity contribution in [2.75, 3.05) is 39.1 Å². The van der Waals surface area contributed by atoms with Gasteiger partial charge < -0.3 is 10.1 Å². The Morgan fingerprint density at radius 1 is 1.06 bits per heavy atom. The molecule has 0 aromatic heterocycles. The van der Waals surface area contributed by atoms with Gasteiger partial charge in [-0.15, -0.1) is 0 Å². The molecule has 0 unspecified atom stereocenters. The SMILES string of the molecule is CCNCCCS(=O)(=O)NCCCCCOC. The molecule has 0 bridgehead atoms. The number of sulfonamides is 1. The van der Waals surface area contributed by atoms with Gasteiger partial charge in [0.2, 0.25) is 10.0 Å². The molecule has 0 aliphatic rings. The molecule has 0 aromatic rings. The summed E-state index contributed by atoms with van der Waals surface area (Å²) in [5.74, 6) is 0.206. The van der Waals surface area contributed by atoms with Gasteiger partial charge in [0.05, 0.1) is 5.75 Å².